The molecule has 0 unspecified atom stereocenters. The van der Waals surface area contributed by atoms with Crippen LogP contribution in [-0.4, -0.2) is 6.71 Å². The Morgan fingerprint density at radius 3 is 1.07 bits per heavy atom. The summed E-state index contributed by atoms with van der Waals surface area (Å²) in [7, 11) is 0. The van der Waals surface area contributed by atoms with Gasteiger partial charge in [-0.15, -0.1) is 0 Å². The number of benzene rings is 11. The van der Waals surface area contributed by atoms with Gasteiger partial charge < -0.3 is 19.6 Å². The van der Waals surface area contributed by atoms with E-state index in [0.29, 0.717) is 11.1 Å². The van der Waals surface area contributed by atoms with E-state index in [-0.39, 0.29) is 18.3 Å². The van der Waals surface area contributed by atoms with Gasteiger partial charge in [0.15, 0.2) is 0 Å². The number of nitrogens with zero attached hydrogens (tertiary/aromatic N) is 4. The van der Waals surface area contributed by atoms with Crippen molar-refractivity contribution in [2.24, 2.45) is 0 Å². The first kappa shape index (κ1) is 43.6. The summed E-state index contributed by atoms with van der Waals surface area (Å²) in [5, 5.41) is 0. The van der Waals surface area contributed by atoms with Gasteiger partial charge in [0.05, 0.1) is 17.1 Å². The fourth-order valence-electron chi connectivity index (χ4n) is 11.1. The molecule has 2 aliphatic rings. The zero-order valence-corrected chi connectivity index (χ0v) is 39.6. The second kappa shape index (κ2) is 18.4. The van der Waals surface area contributed by atoms with Crippen LogP contribution in [0.5, 0.6) is 0 Å². The van der Waals surface area contributed by atoms with Crippen molar-refractivity contribution in [2.45, 2.75) is 0 Å². The average Bonchev–Trinajstić information content (AvgIpc) is 3.45. The molecule has 2 aliphatic heterocycles. The van der Waals surface area contributed by atoms with Crippen molar-refractivity contribution in [3.8, 4) is 22.3 Å². The Hall–Kier alpha value is -9.46. The van der Waals surface area contributed by atoms with Gasteiger partial charge in [-0.2, -0.15) is 0 Å². The molecular formula is C66H45BF2N4. The summed E-state index contributed by atoms with van der Waals surface area (Å²) in [5.41, 5.74) is 17.1. The monoisotopic (exact) mass is 942 g/mol. The highest BCUT2D eigenvalue weighted by Crippen LogP contribution is 2.52. The van der Waals surface area contributed by atoms with Crippen LogP contribution in [-0.2, 0) is 0 Å². The van der Waals surface area contributed by atoms with Gasteiger partial charge in [-0.25, -0.2) is 8.78 Å². The lowest BCUT2D eigenvalue weighted by Crippen LogP contribution is -2.61. The molecule has 2 heterocycles. The molecular weight excluding hydrogens is 898 g/mol. The van der Waals surface area contributed by atoms with Crippen LogP contribution in [0.3, 0.4) is 0 Å². The predicted molar refractivity (Wildman–Crippen MR) is 301 cm³/mol. The highest BCUT2D eigenvalue weighted by atomic mass is 19.1. The van der Waals surface area contributed by atoms with Crippen molar-refractivity contribution < 1.29 is 8.78 Å². The third kappa shape index (κ3) is 7.53. The Kier molecular flexibility index (Phi) is 11.0. The van der Waals surface area contributed by atoms with Crippen LogP contribution in [0.1, 0.15) is 0 Å². The fraction of sp³-hybridized carbons (Fsp3) is 0. The van der Waals surface area contributed by atoms with Gasteiger partial charge in [-0.3, -0.25) is 0 Å². The normalized spacial score (nSPS) is 12.2. The lowest BCUT2D eigenvalue weighted by atomic mass is 9.33. The van der Waals surface area contributed by atoms with Gasteiger partial charge in [0.1, 0.15) is 11.6 Å². The number of para-hydroxylation sites is 7. The van der Waals surface area contributed by atoms with E-state index in [2.05, 4.69) is 183 Å². The maximum atomic E-state index is 16.4. The van der Waals surface area contributed by atoms with Crippen LogP contribution in [0.2, 0.25) is 0 Å². The van der Waals surface area contributed by atoms with Crippen LogP contribution in [0, 0.1) is 11.6 Å². The van der Waals surface area contributed by atoms with Crippen LogP contribution < -0.4 is 36.0 Å². The van der Waals surface area contributed by atoms with Crippen LogP contribution in [0.15, 0.2) is 273 Å². The van der Waals surface area contributed by atoms with Crippen molar-refractivity contribution in [1.29, 1.82) is 0 Å². The molecule has 0 spiro atoms. The summed E-state index contributed by atoms with van der Waals surface area (Å²) in [6.07, 6.45) is 0. The zero-order chi connectivity index (χ0) is 48.8. The molecule has 0 amide bonds. The summed E-state index contributed by atoms with van der Waals surface area (Å²) >= 11 is 0. The smallest absolute Gasteiger partial charge is 0.252 e. The Morgan fingerprint density at radius 2 is 0.603 bits per heavy atom. The number of halogens is 2. The third-order valence-corrected chi connectivity index (χ3v) is 14.1. The number of fused-ring (bicyclic) bond motifs is 4. The van der Waals surface area contributed by atoms with E-state index in [0.717, 1.165) is 95.8 Å². The summed E-state index contributed by atoms with van der Waals surface area (Å²) < 4.78 is 32.6. The van der Waals surface area contributed by atoms with E-state index < -0.39 is 0 Å². The number of rotatable bonds is 10. The predicted octanol–water partition coefficient (Wildman–Crippen LogP) is 16.3. The summed E-state index contributed by atoms with van der Waals surface area (Å²) in [5.74, 6) is -0.605. The van der Waals surface area contributed by atoms with Gasteiger partial charge in [0.2, 0.25) is 0 Å². The van der Waals surface area contributed by atoms with Crippen molar-refractivity contribution in [2.75, 3.05) is 19.6 Å². The summed E-state index contributed by atoms with van der Waals surface area (Å²) in [4.78, 5) is 9.28. The van der Waals surface area contributed by atoms with E-state index in [1.165, 1.54) is 12.1 Å². The minimum atomic E-state index is -0.307. The largest absolute Gasteiger partial charge is 0.311 e. The first-order valence-corrected chi connectivity index (χ1v) is 24.6. The average molecular weight is 943 g/mol. The first-order valence-electron chi connectivity index (χ1n) is 24.6. The van der Waals surface area contributed by atoms with Crippen molar-refractivity contribution in [3.63, 3.8) is 0 Å². The molecule has 346 valence electrons. The maximum absolute atomic E-state index is 16.4. The summed E-state index contributed by atoms with van der Waals surface area (Å²) in [6.45, 7) is -0.253. The number of anilines is 12. The molecule has 0 aromatic heterocycles. The van der Waals surface area contributed by atoms with Crippen LogP contribution in [0.25, 0.3) is 22.3 Å². The SMILES string of the molecule is Fc1ccccc1-c1ccccc1N1c2ccccc2B2c3ccc(N(c4ccccc4)c4ccccc4)cc3N(c3ccccc3-c3ccccc3F)c3cc(N(c4ccccc4)c4ccccc4)cc1c32. The molecule has 0 atom stereocenters. The Morgan fingerprint density at radius 1 is 0.260 bits per heavy atom. The number of hydrogen-bond donors (Lipinski definition) is 0. The lowest BCUT2D eigenvalue weighted by Gasteiger charge is -2.45. The van der Waals surface area contributed by atoms with Crippen molar-refractivity contribution in [3.05, 3.63) is 285 Å². The van der Waals surface area contributed by atoms with E-state index in [4.69, 9.17) is 0 Å². The quantitative estimate of drug-likeness (QED) is 0.127. The molecule has 0 saturated heterocycles. The second-order valence-corrected chi connectivity index (χ2v) is 18.3. The van der Waals surface area contributed by atoms with Gasteiger partial charge in [-0.05, 0) is 120 Å². The zero-order valence-electron chi connectivity index (χ0n) is 39.6. The molecule has 11 aromatic carbocycles. The third-order valence-electron chi connectivity index (χ3n) is 14.1. The Labute approximate surface area is 424 Å². The molecule has 73 heavy (non-hydrogen) atoms. The highest BCUT2D eigenvalue weighted by Gasteiger charge is 2.45. The van der Waals surface area contributed by atoms with Gasteiger partial charge in [-0.1, -0.05) is 170 Å². The summed E-state index contributed by atoms with van der Waals surface area (Å²) in [6, 6.07) is 92.2. The maximum Gasteiger partial charge on any atom is 0.252 e. The molecule has 0 aliphatic carbocycles. The van der Waals surface area contributed by atoms with Gasteiger partial charge in [0.25, 0.3) is 6.71 Å². The Balaban J connectivity index is 1.17. The molecule has 7 heteroatoms. The molecule has 4 nitrogen and oxygen atoms in total. The molecule has 0 radical (unpaired) electrons. The van der Waals surface area contributed by atoms with Gasteiger partial charge in [0, 0.05) is 73.4 Å². The van der Waals surface area contributed by atoms with E-state index >= 15 is 8.78 Å². The highest BCUT2D eigenvalue weighted by molar-refractivity contribution is 7.00. The molecule has 0 fully saturated rings. The standard InChI is InChI=1S/C66H45BF2N4/c68-58-36-18-13-31-52(58)54-33-15-20-38-60(54)72-62-40-22-17-35-56(62)67-57-42-41-50(70(46-23-5-1-6-24-46)47-25-7-2-8-26-47)43-63(57)73(61-39-21-16-34-55(61)53-32-14-19-37-59(53)69)65-45-51(44-64(72)66(65)67)71(48-27-9-3-10-28-48)49-29-11-4-12-30-49/h1-45H. The minimum Gasteiger partial charge on any atom is -0.311 e. The van der Waals surface area contributed by atoms with Gasteiger partial charge >= 0.3 is 0 Å². The second-order valence-electron chi connectivity index (χ2n) is 18.3. The van der Waals surface area contributed by atoms with E-state index in [1.54, 1.807) is 12.1 Å². The molecule has 0 saturated carbocycles. The number of hydrogen-bond acceptors (Lipinski definition) is 4. The lowest BCUT2D eigenvalue weighted by molar-refractivity contribution is 0.631. The Bertz CT molecular complexity index is 3740. The molecule has 11 aromatic rings. The van der Waals surface area contributed by atoms with Crippen LogP contribution >= 0.6 is 0 Å². The van der Waals surface area contributed by atoms with E-state index in [1.807, 2.05) is 84.9 Å². The molecule has 0 bridgehead atoms. The van der Waals surface area contributed by atoms with Crippen molar-refractivity contribution >= 4 is 91.3 Å². The van der Waals surface area contributed by atoms with Crippen LogP contribution in [0.4, 0.5) is 77.0 Å². The van der Waals surface area contributed by atoms with E-state index in [9.17, 15) is 0 Å². The molecule has 0 N–H and O–H groups in total. The fourth-order valence-corrected chi connectivity index (χ4v) is 11.1. The molecule has 13 rings (SSSR count). The van der Waals surface area contributed by atoms with Crippen molar-refractivity contribution in [1.82, 2.24) is 0 Å². The minimum absolute atomic E-state index is 0.253. The first-order chi connectivity index (χ1) is 36.1. The topological polar surface area (TPSA) is 13.0 Å².